The van der Waals surface area contributed by atoms with Gasteiger partial charge in [0.25, 0.3) is 0 Å². The van der Waals surface area contributed by atoms with Crippen molar-refractivity contribution in [1.82, 2.24) is 19.9 Å². The van der Waals surface area contributed by atoms with E-state index in [1.165, 1.54) is 6.07 Å². The summed E-state index contributed by atoms with van der Waals surface area (Å²) in [6.07, 6.45) is 5.19. The van der Waals surface area contributed by atoms with E-state index in [0.717, 1.165) is 48.9 Å². The summed E-state index contributed by atoms with van der Waals surface area (Å²) in [7, 11) is 0. The molecule has 4 N–H and O–H groups in total. The first-order valence-electron chi connectivity index (χ1n) is 15.5. The summed E-state index contributed by atoms with van der Waals surface area (Å²) in [5, 5.41) is 24.6. The molecule has 0 aliphatic carbocycles. The van der Waals surface area contributed by atoms with E-state index in [4.69, 9.17) is 0 Å². The fourth-order valence-corrected chi connectivity index (χ4v) is 5.42. The van der Waals surface area contributed by atoms with E-state index in [-0.39, 0.29) is 22.5 Å². The molecule has 0 atom stereocenters. The number of rotatable bonds is 0. The van der Waals surface area contributed by atoms with Gasteiger partial charge in [-0.2, -0.15) is 0 Å². The van der Waals surface area contributed by atoms with E-state index in [1.807, 2.05) is 110 Å². The first kappa shape index (κ1) is 32.2. The number of benzene rings is 5. The maximum atomic E-state index is 11.8. The molecule has 0 aliphatic heterocycles. The van der Waals surface area contributed by atoms with Gasteiger partial charge in [-0.1, -0.05) is 78.9 Å². The number of H-pyrrole nitrogens is 2. The van der Waals surface area contributed by atoms with E-state index in [1.54, 1.807) is 42.7 Å². The summed E-state index contributed by atoms with van der Waals surface area (Å²) in [5.41, 5.74) is 4.30. The van der Waals surface area contributed by atoms with Crippen LogP contribution < -0.4 is 11.0 Å². The smallest absolute Gasteiger partial charge is 0.248 e. The molecule has 4 aromatic heterocycles. The molecular weight excluding hydrogens is 612 g/mol. The lowest BCUT2D eigenvalue weighted by molar-refractivity contribution is 0.480. The highest BCUT2D eigenvalue weighted by Crippen LogP contribution is 2.24. The van der Waals surface area contributed by atoms with Crippen LogP contribution in [0.1, 0.15) is 5.56 Å². The number of aryl methyl sites for hydroxylation is 1. The SMILES string of the molecule is Cc1ccc(O)c2ncccc12.O=c1ccc2ccccc2[nH]1.O=c1cccc2ccc3ccc[nH]c3c12.Oc1cccc2cccnc12. The highest BCUT2D eigenvalue weighted by atomic mass is 16.3. The Bertz CT molecular complexity index is 2620. The maximum absolute atomic E-state index is 11.8. The number of fused-ring (bicyclic) bond motifs is 6. The lowest BCUT2D eigenvalue weighted by Gasteiger charge is -2.01. The van der Waals surface area contributed by atoms with Crippen molar-refractivity contribution in [2.24, 2.45) is 0 Å². The van der Waals surface area contributed by atoms with Crippen LogP contribution in [0.3, 0.4) is 0 Å². The molecule has 5 aromatic carbocycles. The van der Waals surface area contributed by atoms with Gasteiger partial charge in [0, 0.05) is 40.9 Å². The third kappa shape index (κ3) is 7.45. The van der Waals surface area contributed by atoms with Crippen molar-refractivity contribution in [2.45, 2.75) is 6.92 Å². The van der Waals surface area contributed by atoms with Gasteiger partial charge in [0.1, 0.15) is 22.5 Å². The average molecular weight is 645 g/mol. The fraction of sp³-hybridized carbons (Fsp3) is 0.0244. The molecular formula is C41H32N4O4. The second-order valence-electron chi connectivity index (χ2n) is 11.1. The molecule has 9 rings (SSSR count). The van der Waals surface area contributed by atoms with Gasteiger partial charge in [0.15, 0.2) is 5.43 Å². The van der Waals surface area contributed by atoms with Gasteiger partial charge in [-0.15, -0.1) is 0 Å². The molecule has 240 valence electrons. The van der Waals surface area contributed by atoms with Crippen LogP contribution in [0.15, 0.2) is 162 Å². The lowest BCUT2D eigenvalue weighted by Crippen LogP contribution is -2.01. The molecule has 0 saturated carbocycles. The number of nitrogens with zero attached hydrogens (tertiary/aromatic N) is 2. The van der Waals surface area contributed by atoms with Crippen LogP contribution in [-0.2, 0) is 0 Å². The van der Waals surface area contributed by atoms with Crippen molar-refractivity contribution in [2.75, 3.05) is 0 Å². The van der Waals surface area contributed by atoms with Gasteiger partial charge in [-0.25, -0.2) is 0 Å². The van der Waals surface area contributed by atoms with Crippen LogP contribution >= 0.6 is 0 Å². The molecule has 49 heavy (non-hydrogen) atoms. The van der Waals surface area contributed by atoms with Gasteiger partial charge in [-0.3, -0.25) is 19.6 Å². The molecule has 0 amide bonds. The third-order valence-corrected chi connectivity index (χ3v) is 7.85. The normalized spacial score (nSPS) is 10.5. The number of pyridine rings is 4. The molecule has 0 unspecified atom stereocenters. The van der Waals surface area contributed by atoms with Gasteiger partial charge >= 0.3 is 0 Å². The van der Waals surface area contributed by atoms with Gasteiger partial charge in [0.2, 0.25) is 5.56 Å². The number of hydrogen-bond acceptors (Lipinski definition) is 6. The monoisotopic (exact) mass is 644 g/mol. The fourth-order valence-electron chi connectivity index (χ4n) is 5.42. The highest BCUT2D eigenvalue weighted by molar-refractivity contribution is 6.04. The van der Waals surface area contributed by atoms with Crippen LogP contribution in [-0.4, -0.2) is 30.1 Å². The minimum absolute atomic E-state index is 0.0521. The van der Waals surface area contributed by atoms with Gasteiger partial charge in [-0.05, 0) is 77.2 Å². The number of aromatic hydroxyl groups is 2. The van der Waals surface area contributed by atoms with E-state index in [9.17, 15) is 19.8 Å². The first-order valence-corrected chi connectivity index (χ1v) is 15.5. The first-order chi connectivity index (χ1) is 23.9. The zero-order valence-electron chi connectivity index (χ0n) is 26.5. The van der Waals surface area contributed by atoms with E-state index in [0.29, 0.717) is 11.0 Å². The molecule has 0 spiro atoms. The molecule has 9 aromatic rings. The second-order valence-corrected chi connectivity index (χ2v) is 11.1. The summed E-state index contributed by atoms with van der Waals surface area (Å²) in [4.78, 5) is 36.6. The zero-order valence-corrected chi connectivity index (χ0v) is 26.5. The van der Waals surface area contributed by atoms with Gasteiger partial charge < -0.3 is 20.2 Å². The minimum Gasteiger partial charge on any atom is -0.506 e. The molecule has 4 heterocycles. The summed E-state index contributed by atoms with van der Waals surface area (Å²) >= 11 is 0. The number of phenolic OH excluding ortho intramolecular Hbond substituents is 2. The standard InChI is InChI=1S/C13H9NO.C10H9NO.2C9H7NO/c15-11-5-1-3-9-6-7-10-4-2-8-14-13(10)12(9)11;1-7-4-5-9(12)10-8(7)3-2-6-11-10;11-8-5-1-3-7-4-2-6-10-9(7)8;11-9-6-5-7-3-1-2-4-8(7)10-9/h1-8,14H;2-6,12H,1H3;1-6,11H;1-6H,(H,10,11). The number of para-hydroxylation sites is 2. The Hall–Kier alpha value is -6.80. The van der Waals surface area contributed by atoms with Crippen LogP contribution in [0.4, 0.5) is 0 Å². The average Bonchev–Trinajstić information content (AvgIpc) is 3.14. The Morgan fingerprint density at radius 1 is 0.551 bits per heavy atom. The van der Waals surface area contributed by atoms with Crippen molar-refractivity contribution in [3.8, 4) is 11.5 Å². The van der Waals surface area contributed by atoms with Crippen molar-refractivity contribution >= 4 is 54.4 Å². The second kappa shape index (κ2) is 14.7. The van der Waals surface area contributed by atoms with E-state index >= 15 is 0 Å². The third-order valence-electron chi connectivity index (χ3n) is 7.85. The van der Waals surface area contributed by atoms with Gasteiger partial charge in [0.05, 0.1) is 10.9 Å². The number of aromatic amines is 2. The Balaban J connectivity index is 0.000000114. The molecule has 8 heteroatoms. The number of nitrogens with one attached hydrogen (secondary N) is 2. The van der Waals surface area contributed by atoms with Crippen molar-refractivity contribution in [3.05, 3.63) is 178 Å². The maximum Gasteiger partial charge on any atom is 0.248 e. The van der Waals surface area contributed by atoms with Crippen molar-refractivity contribution in [3.63, 3.8) is 0 Å². The molecule has 8 nitrogen and oxygen atoms in total. The van der Waals surface area contributed by atoms with Crippen LogP contribution in [0, 0.1) is 6.92 Å². The van der Waals surface area contributed by atoms with Crippen LogP contribution in [0.2, 0.25) is 0 Å². The Morgan fingerprint density at radius 3 is 2.04 bits per heavy atom. The lowest BCUT2D eigenvalue weighted by atomic mass is 10.1. The van der Waals surface area contributed by atoms with Crippen LogP contribution in [0.5, 0.6) is 11.5 Å². The largest absolute Gasteiger partial charge is 0.506 e. The van der Waals surface area contributed by atoms with E-state index < -0.39 is 0 Å². The summed E-state index contributed by atoms with van der Waals surface area (Å²) in [5.74, 6) is 0.485. The summed E-state index contributed by atoms with van der Waals surface area (Å²) in [6, 6.07) is 40.8. The number of phenols is 2. The zero-order chi connectivity index (χ0) is 34.2. The Labute approximate surface area is 280 Å². The molecule has 0 bridgehead atoms. The minimum atomic E-state index is -0.0521. The quantitative estimate of drug-likeness (QED) is 0.123. The Morgan fingerprint density at radius 2 is 1.20 bits per heavy atom. The summed E-state index contributed by atoms with van der Waals surface area (Å²) in [6.45, 7) is 2.00. The highest BCUT2D eigenvalue weighted by Gasteiger charge is 2.03. The molecule has 0 fully saturated rings. The van der Waals surface area contributed by atoms with E-state index in [2.05, 4.69) is 19.9 Å². The molecule has 0 radical (unpaired) electrons. The topological polar surface area (TPSA) is 132 Å². The number of hydrogen-bond donors (Lipinski definition) is 4. The predicted octanol–water partition coefficient (Wildman–Crippen LogP) is 8.40. The summed E-state index contributed by atoms with van der Waals surface area (Å²) < 4.78 is 0. The molecule has 0 saturated heterocycles. The number of aromatic nitrogens is 4. The van der Waals surface area contributed by atoms with Crippen LogP contribution in [0.25, 0.3) is 54.4 Å². The van der Waals surface area contributed by atoms with Crippen molar-refractivity contribution < 1.29 is 10.2 Å². The van der Waals surface area contributed by atoms with Crippen molar-refractivity contribution in [1.29, 1.82) is 0 Å². The predicted molar refractivity (Wildman–Crippen MR) is 198 cm³/mol. The Kier molecular flexibility index (Phi) is 9.67. The molecule has 0 aliphatic rings.